The lowest BCUT2D eigenvalue weighted by molar-refractivity contribution is -0.384. The first-order valence-electron chi connectivity index (χ1n) is 9.33. The summed E-state index contributed by atoms with van der Waals surface area (Å²) < 4.78 is 7.13. The molecule has 1 amide bonds. The molecule has 4 rings (SSSR count). The summed E-state index contributed by atoms with van der Waals surface area (Å²) in [5.74, 6) is 0.708. The lowest BCUT2D eigenvalue weighted by atomic mass is 10.1. The van der Waals surface area contributed by atoms with Gasteiger partial charge in [0.15, 0.2) is 16.7 Å². The third-order valence-corrected chi connectivity index (χ3v) is 6.16. The predicted molar refractivity (Wildman–Crippen MR) is 120 cm³/mol. The molecule has 1 unspecified atom stereocenters. The van der Waals surface area contributed by atoms with Crippen LogP contribution in [0.1, 0.15) is 10.8 Å². The number of anilines is 1. The van der Waals surface area contributed by atoms with Gasteiger partial charge in [-0.3, -0.25) is 14.9 Å². The van der Waals surface area contributed by atoms with Crippen molar-refractivity contribution in [2.24, 2.45) is 7.05 Å². The van der Waals surface area contributed by atoms with Crippen LogP contribution in [0.25, 0.3) is 11.6 Å². The SMILES string of the molecule is Cn1c(SC(C(=O)Nc2ccc(Cl)c([N+](=O)[O-])c2)c2ccccc2)nnc1-c1ccco1. The fraction of sp³-hybridized carbons (Fsp3) is 0.0952. The highest BCUT2D eigenvalue weighted by Crippen LogP contribution is 2.37. The van der Waals surface area contributed by atoms with Crippen LogP contribution in [0.5, 0.6) is 0 Å². The molecule has 4 aromatic rings. The number of nitro groups is 1. The molecule has 0 spiro atoms. The van der Waals surface area contributed by atoms with Gasteiger partial charge in [-0.25, -0.2) is 0 Å². The molecule has 0 aliphatic heterocycles. The summed E-state index contributed by atoms with van der Waals surface area (Å²) in [5.41, 5.74) is 0.715. The summed E-state index contributed by atoms with van der Waals surface area (Å²) in [5, 5.41) is 22.1. The summed E-state index contributed by atoms with van der Waals surface area (Å²) in [7, 11) is 1.78. The van der Waals surface area contributed by atoms with Gasteiger partial charge in [0.1, 0.15) is 10.3 Å². The zero-order chi connectivity index (χ0) is 22.7. The highest BCUT2D eigenvalue weighted by molar-refractivity contribution is 8.00. The lowest BCUT2D eigenvalue weighted by Crippen LogP contribution is -2.19. The monoisotopic (exact) mass is 469 g/mol. The van der Waals surface area contributed by atoms with Crippen molar-refractivity contribution in [1.82, 2.24) is 14.8 Å². The second kappa shape index (κ2) is 9.25. The van der Waals surface area contributed by atoms with Crippen molar-refractivity contribution >= 4 is 40.6 Å². The van der Waals surface area contributed by atoms with E-state index in [2.05, 4.69) is 15.5 Å². The van der Waals surface area contributed by atoms with Gasteiger partial charge in [0.25, 0.3) is 5.69 Å². The normalized spacial score (nSPS) is 11.8. The number of rotatable bonds is 7. The zero-order valence-electron chi connectivity index (χ0n) is 16.6. The standard InChI is InChI=1S/C21H16ClN5O4S/c1-26-19(17-8-5-11-31-17)24-25-21(26)32-18(13-6-3-2-4-7-13)20(28)23-14-9-10-15(22)16(12-14)27(29)30/h2-12,18H,1H3,(H,23,28). The third kappa shape index (κ3) is 4.51. The number of thioether (sulfide) groups is 1. The summed E-state index contributed by atoms with van der Waals surface area (Å²) in [6, 6.07) is 16.8. The average molecular weight is 470 g/mol. The number of halogens is 1. The molecular weight excluding hydrogens is 454 g/mol. The Morgan fingerprint density at radius 2 is 1.97 bits per heavy atom. The Kier molecular flexibility index (Phi) is 6.24. The van der Waals surface area contributed by atoms with E-state index in [1.807, 2.05) is 30.3 Å². The van der Waals surface area contributed by atoms with Crippen molar-refractivity contribution in [3.8, 4) is 11.6 Å². The molecule has 2 aromatic carbocycles. The number of furan rings is 1. The topological polar surface area (TPSA) is 116 Å². The molecule has 0 bridgehead atoms. The Bertz CT molecular complexity index is 1260. The molecule has 2 heterocycles. The number of nitrogens with one attached hydrogen (secondary N) is 1. The average Bonchev–Trinajstić information content (AvgIpc) is 3.43. The van der Waals surface area contributed by atoms with E-state index in [4.69, 9.17) is 16.0 Å². The van der Waals surface area contributed by atoms with Gasteiger partial charge >= 0.3 is 0 Å². The van der Waals surface area contributed by atoms with E-state index in [9.17, 15) is 14.9 Å². The minimum atomic E-state index is -0.696. The Hall–Kier alpha value is -3.63. The van der Waals surface area contributed by atoms with E-state index in [-0.39, 0.29) is 22.3 Å². The number of nitro benzene ring substituents is 1. The van der Waals surface area contributed by atoms with E-state index < -0.39 is 10.2 Å². The van der Waals surface area contributed by atoms with Gasteiger partial charge < -0.3 is 14.3 Å². The minimum absolute atomic E-state index is 0.00785. The largest absolute Gasteiger partial charge is 0.461 e. The first kappa shape index (κ1) is 21.6. The van der Waals surface area contributed by atoms with Crippen molar-refractivity contribution in [3.05, 3.63) is 87.6 Å². The molecule has 0 aliphatic rings. The fourth-order valence-corrected chi connectivity index (χ4v) is 4.17. The number of carbonyl (C=O) groups excluding carboxylic acids is 1. The van der Waals surface area contributed by atoms with Crippen LogP contribution in [-0.4, -0.2) is 25.6 Å². The Balaban J connectivity index is 1.63. The molecule has 0 fully saturated rings. The van der Waals surface area contributed by atoms with Crippen molar-refractivity contribution in [3.63, 3.8) is 0 Å². The van der Waals surface area contributed by atoms with Gasteiger partial charge in [0, 0.05) is 18.8 Å². The maximum absolute atomic E-state index is 13.2. The van der Waals surface area contributed by atoms with Gasteiger partial charge in [0.2, 0.25) is 5.91 Å². The van der Waals surface area contributed by atoms with Crippen LogP contribution in [0.15, 0.2) is 76.5 Å². The molecule has 1 atom stereocenters. The molecule has 1 N–H and O–H groups in total. The molecule has 11 heteroatoms. The molecular formula is C21H16ClN5O4S. The van der Waals surface area contributed by atoms with Gasteiger partial charge in [0.05, 0.1) is 11.2 Å². The van der Waals surface area contributed by atoms with E-state index in [0.717, 1.165) is 5.56 Å². The van der Waals surface area contributed by atoms with Crippen LogP contribution in [0.2, 0.25) is 5.02 Å². The van der Waals surface area contributed by atoms with Crippen LogP contribution >= 0.6 is 23.4 Å². The van der Waals surface area contributed by atoms with Crippen LogP contribution < -0.4 is 5.32 Å². The van der Waals surface area contributed by atoms with Gasteiger partial charge in [-0.1, -0.05) is 53.7 Å². The van der Waals surface area contributed by atoms with Gasteiger partial charge in [-0.2, -0.15) is 0 Å². The van der Waals surface area contributed by atoms with E-state index in [1.54, 1.807) is 30.0 Å². The number of hydrogen-bond acceptors (Lipinski definition) is 7. The maximum Gasteiger partial charge on any atom is 0.289 e. The molecule has 2 aromatic heterocycles. The molecule has 0 aliphatic carbocycles. The Morgan fingerprint density at radius 1 is 1.19 bits per heavy atom. The van der Waals surface area contributed by atoms with Crippen LogP contribution in [0.3, 0.4) is 0 Å². The number of carbonyl (C=O) groups is 1. The number of aromatic nitrogens is 3. The third-order valence-electron chi connectivity index (χ3n) is 4.55. The fourth-order valence-electron chi connectivity index (χ4n) is 2.98. The van der Waals surface area contributed by atoms with Crippen molar-refractivity contribution in [1.29, 1.82) is 0 Å². The highest BCUT2D eigenvalue weighted by Gasteiger charge is 2.26. The lowest BCUT2D eigenvalue weighted by Gasteiger charge is -2.16. The number of amides is 1. The number of benzene rings is 2. The zero-order valence-corrected chi connectivity index (χ0v) is 18.2. The molecule has 32 heavy (non-hydrogen) atoms. The second-order valence-electron chi connectivity index (χ2n) is 6.66. The van der Waals surface area contributed by atoms with Crippen molar-refractivity contribution in [2.75, 3.05) is 5.32 Å². The molecule has 9 nitrogen and oxygen atoms in total. The van der Waals surface area contributed by atoms with Gasteiger partial charge in [-0.05, 0) is 29.8 Å². The van der Waals surface area contributed by atoms with Crippen LogP contribution in [-0.2, 0) is 11.8 Å². The maximum atomic E-state index is 13.2. The van der Waals surface area contributed by atoms with Crippen molar-refractivity contribution in [2.45, 2.75) is 10.4 Å². The predicted octanol–water partition coefficient (Wildman–Crippen LogP) is 5.11. The quantitative estimate of drug-likeness (QED) is 0.227. The molecule has 162 valence electrons. The van der Waals surface area contributed by atoms with Crippen LogP contribution in [0.4, 0.5) is 11.4 Å². The second-order valence-corrected chi connectivity index (χ2v) is 8.14. The minimum Gasteiger partial charge on any atom is -0.461 e. The first-order chi connectivity index (χ1) is 15.4. The van der Waals surface area contributed by atoms with Gasteiger partial charge in [-0.15, -0.1) is 10.2 Å². The molecule has 0 radical (unpaired) electrons. The summed E-state index contributed by atoms with van der Waals surface area (Å²) in [6.07, 6.45) is 1.54. The summed E-state index contributed by atoms with van der Waals surface area (Å²) >= 11 is 7.07. The molecule has 0 saturated heterocycles. The van der Waals surface area contributed by atoms with E-state index in [1.165, 1.54) is 30.0 Å². The van der Waals surface area contributed by atoms with Crippen LogP contribution in [0, 0.1) is 10.1 Å². The van der Waals surface area contributed by atoms with E-state index >= 15 is 0 Å². The molecule has 0 saturated carbocycles. The smallest absolute Gasteiger partial charge is 0.289 e. The number of nitrogens with zero attached hydrogens (tertiary/aromatic N) is 4. The number of hydrogen-bond donors (Lipinski definition) is 1. The van der Waals surface area contributed by atoms with E-state index in [0.29, 0.717) is 16.7 Å². The Labute approximate surface area is 191 Å². The van der Waals surface area contributed by atoms with Crippen molar-refractivity contribution < 1.29 is 14.1 Å². The Morgan fingerprint density at radius 3 is 2.66 bits per heavy atom. The highest BCUT2D eigenvalue weighted by atomic mass is 35.5. The first-order valence-corrected chi connectivity index (χ1v) is 10.6. The summed E-state index contributed by atoms with van der Waals surface area (Å²) in [6.45, 7) is 0. The summed E-state index contributed by atoms with van der Waals surface area (Å²) in [4.78, 5) is 23.8.